The van der Waals surface area contributed by atoms with E-state index in [1.54, 1.807) is 0 Å². The monoisotopic (exact) mass is 431 g/mol. The predicted octanol–water partition coefficient (Wildman–Crippen LogP) is 4.57. The van der Waals surface area contributed by atoms with Crippen molar-refractivity contribution in [3.8, 4) is 0 Å². The van der Waals surface area contributed by atoms with Crippen LogP contribution in [0, 0.1) is 0 Å². The molecular weight excluding hydrogens is 422 g/mol. The van der Waals surface area contributed by atoms with Gasteiger partial charge in [-0.1, -0.05) is 22.9 Å². The van der Waals surface area contributed by atoms with Crippen molar-refractivity contribution in [3.63, 3.8) is 0 Å². The second-order valence-electron chi connectivity index (χ2n) is 3.74. The van der Waals surface area contributed by atoms with Gasteiger partial charge in [0.05, 0.1) is 13.1 Å². The molecule has 0 spiro atoms. The molecule has 0 aliphatic heterocycles. The van der Waals surface area contributed by atoms with Gasteiger partial charge in [0.25, 0.3) is 5.91 Å². The van der Waals surface area contributed by atoms with Crippen LogP contribution in [0.5, 0.6) is 0 Å². The highest BCUT2D eigenvalue weighted by Crippen LogP contribution is 2.32. The van der Waals surface area contributed by atoms with Gasteiger partial charge in [0.15, 0.2) is 0 Å². The van der Waals surface area contributed by atoms with Crippen LogP contribution in [0.25, 0.3) is 0 Å². The zero-order chi connectivity index (χ0) is 12.3. The number of amides is 1. The van der Waals surface area contributed by atoms with Crippen molar-refractivity contribution < 1.29 is 4.79 Å². The van der Waals surface area contributed by atoms with Crippen molar-refractivity contribution in [2.75, 3.05) is 5.33 Å². The molecule has 0 aromatic carbocycles. The summed E-state index contributed by atoms with van der Waals surface area (Å²) in [7, 11) is 0. The molecule has 1 amide bonds. The first-order chi connectivity index (χ1) is 7.41. The van der Waals surface area contributed by atoms with E-state index in [9.17, 15) is 4.79 Å². The lowest BCUT2D eigenvalue weighted by Gasteiger charge is -2.27. The summed E-state index contributed by atoms with van der Waals surface area (Å²) >= 11 is 11.7. The van der Waals surface area contributed by atoms with Crippen LogP contribution in [0.3, 0.4) is 0 Å². The number of halogens is 3. The van der Waals surface area contributed by atoms with E-state index in [4.69, 9.17) is 0 Å². The zero-order valence-corrected chi connectivity index (χ0v) is 14.5. The Morgan fingerprint density at radius 2 is 2.19 bits per heavy atom. The maximum atomic E-state index is 12.0. The summed E-state index contributed by atoms with van der Waals surface area (Å²) in [6, 6.07) is 1.83. The summed E-state index contributed by atoms with van der Waals surface area (Å²) in [5.41, 5.74) is 0.475. The number of carbonyl (C=O) groups is 1. The largest absolute Gasteiger partial charge is 0.346 e. The van der Waals surface area contributed by atoms with Crippen LogP contribution in [0.15, 0.2) is 13.6 Å². The third-order valence-electron chi connectivity index (χ3n) is 2.39. The Balaban J connectivity index is 2.84. The van der Waals surface area contributed by atoms with Crippen LogP contribution in [-0.2, 0) is 0 Å². The molecule has 0 aliphatic carbocycles. The zero-order valence-electron chi connectivity index (χ0n) is 8.94. The Morgan fingerprint density at radius 1 is 1.56 bits per heavy atom. The SMILES string of the molecule is CCC(C)(CBr)NC(=O)c1cc(Br)sc1Br. The molecule has 1 unspecified atom stereocenters. The van der Waals surface area contributed by atoms with Gasteiger partial charge in [-0.2, -0.15) is 0 Å². The minimum absolute atomic E-state index is 0.0439. The lowest BCUT2D eigenvalue weighted by atomic mass is 10.0. The van der Waals surface area contributed by atoms with E-state index in [1.165, 1.54) is 11.3 Å². The van der Waals surface area contributed by atoms with Gasteiger partial charge in [-0.15, -0.1) is 11.3 Å². The summed E-state index contributed by atoms with van der Waals surface area (Å²) in [5.74, 6) is -0.0439. The molecule has 1 atom stereocenters. The average Bonchev–Trinajstić information content (AvgIpc) is 2.57. The van der Waals surface area contributed by atoms with Crippen LogP contribution in [0.1, 0.15) is 30.6 Å². The van der Waals surface area contributed by atoms with Crippen molar-refractivity contribution in [1.82, 2.24) is 5.32 Å². The van der Waals surface area contributed by atoms with E-state index in [1.807, 2.05) is 13.0 Å². The minimum atomic E-state index is -0.203. The molecule has 6 heteroatoms. The minimum Gasteiger partial charge on any atom is -0.346 e. The molecule has 0 radical (unpaired) electrons. The fourth-order valence-corrected chi connectivity index (χ4v) is 4.38. The predicted molar refractivity (Wildman–Crippen MR) is 79.7 cm³/mol. The quantitative estimate of drug-likeness (QED) is 0.692. The number of hydrogen-bond acceptors (Lipinski definition) is 2. The molecule has 0 saturated heterocycles. The molecule has 0 saturated carbocycles. The Labute approximate surface area is 125 Å². The fourth-order valence-electron chi connectivity index (χ4n) is 1.05. The lowest BCUT2D eigenvalue weighted by molar-refractivity contribution is 0.0913. The molecule has 0 aliphatic rings. The molecule has 1 aromatic heterocycles. The first kappa shape index (κ1) is 14.7. The van der Waals surface area contributed by atoms with Crippen LogP contribution in [0.2, 0.25) is 0 Å². The molecular formula is C10H12Br3NOS. The first-order valence-corrected chi connectivity index (χ1v) is 8.27. The van der Waals surface area contributed by atoms with E-state index in [-0.39, 0.29) is 11.4 Å². The maximum Gasteiger partial charge on any atom is 0.253 e. The van der Waals surface area contributed by atoms with E-state index < -0.39 is 0 Å². The Morgan fingerprint density at radius 3 is 2.56 bits per heavy atom. The van der Waals surface area contributed by atoms with Crippen LogP contribution in [-0.4, -0.2) is 16.8 Å². The number of carbonyl (C=O) groups excluding carboxylic acids is 1. The van der Waals surface area contributed by atoms with Crippen LogP contribution < -0.4 is 5.32 Å². The van der Waals surface area contributed by atoms with Crippen molar-refractivity contribution >= 4 is 65.0 Å². The Kier molecular flexibility index (Phi) is 5.48. The number of nitrogens with one attached hydrogen (secondary N) is 1. The van der Waals surface area contributed by atoms with Crippen molar-refractivity contribution in [2.24, 2.45) is 0 Å². The molecule has 1 aromatic rings. The van der Waals surface area contributed by atoms with Gasteiger partial charge in [0.2, 0.25) is 0 Å². The normalized spacial score (nSPS) is 14.6. The van der Waals surface area contributed by atoms with E-state index in [2.05, 4.69) is 60.0 Å². The van der Waals surface area contributed by atoms with E-state index >= 15 is 0 Å². The highest BCUT2D eigenvalue weighted by Gasteiger charge is 2.25. The number of rotatable bonds is 4. The van der Waals surface area contributed by atoms with E-state index in [0.29, 0.717) is 5.56 Å². The second-order valence-corrected chi connectivity index (χ2v) is 8.05. The van der Waals surface area contributed by atoms with Crippen molar-refractivity contribution in [1.29, 1.82) is 0 Å². The summed E-state index contributed by atoms with van der Waals surface area (Å²) in [6.07, 6.45) is 0.882. The molecule has 2 nitrogen and oxygen atoms in total. The smallest absolute Gasteiger partial charge is 0.253 e. The molecule has 1 N–H and O–H groups in total. The highest BCUT2D eigenvalue weighted by atomic mass is 79.9. The van der Waals surface area contributed by atoms with Gasteiger partial charge < -0.3 is 5.32 Å². The topological polar surface area (TPSA) is 29.1 Å². The summed E-state index contributed by atoms with van der Waals surface area (Å²) in [6.45, 7) is 4.08. The third kappa shape index (κ3) is 3.55. The highest BCUT2D eigenvalue weighted by molar-refractivity contribution is 9.12. The van der Waals surface area contributed by atoms with Gasteiger partial charge in [0.1, 0.15) is 0 Å². The maximum absolute atomic E-state index is 12.0. The summed E-state index contributed by atoms with van der Waals surface area (Å²) in [5, 5.41) is 3.77. The van der Waals surface area contributed by atoms with Gasteiger partial charge in [-0.3, -0.25) is 4.79 Å². The number of alkyl halides is 1. The van der Waals surface area contributed by atoms with Crippen LogP contribution in [0.4, 0.5) is 0 Å². The lowest BCUT2D eigenvalue weighted by Crippen LogP contribution is -2.46. The average molecular weight is 434 g/mol. The summed E-state index contributed by atoms with van der Waals surface area (Å²) < 4.78 is 1.80. The first-order valence-electron chi connectivity index (χ1n) is 4.75. The second kappa shape index (κ2) is 5.98. The van der Waals surface area contributed by atoms with Crippen LogP contribution >= 0.6 is 59.1 Å². The molecule has 16 heavy (non-hydrogen) atoms. The van der Waals surface area contributed by atoms with Crippen molar-refractivity contribution in [3.05, 3.63) is 19.2 Å². The fraction of sp³-hybridized carbons (Fsp3) is 0.500. The molecule has 0 bridgehead atoms. The van der Waals surface area contributed by atoms with Gasteiger partial charge in [-0.25, -0.2) is 0 Å². The van der Waals surface area contributed by atoms with E-state index in [0.717, 1.165) is 19.3 Å². The summed E-state index contributed by atoms with van der Waals surface area (Å²) in [4.78, 5) is 12.0. The molecule has 90 valence electrons. The van der Waals surface area contributed by atoms with Crippen molar-refractivity contribution in [2.45, 2.75) is 25.8 Å². The molecule has 1 heterocycles. The molecule has 0 fully saturated rings. The standard InChI is InChI=1S/C10H12Br3NOS/c1-3-10(2,5-11)14-9(15)6-4-7(12)16-8(6)13/h4H,3,5H2,1-2H3,(H,14,15). The number of hydrogen-bond donors (Lipinski definition) is 1. The van der Waals surface area contributed by atoms with Gasteiger partial charge in [-0.05, 0) is 51.3 Å². The molecule has 1 rings (SSSR count). The number of thiophene rings is 1. The van der Waals surface area contributed by atoms with Gasteiger partial charge >= 0.3 is 0 Å². The Hall–Kier alpha value is 0.610. The Bertz CT molecular complexity index is 387. The third-order valence-corrected chi connectivity index (χ3v) is 5.97. The van der Waals surface area contributed by atoms with Gasteiger partial charge in [0, 0.05) is 10.9 Å².